The van der Waals surface area contributed by atoms with Gasteiger partial charge in [0.1, 0.15) is 0 Å². The number of rotatable bonds is 4. The van der Waals surface area contributed by atoms with Gasteiger partial charge in [-0.15, -0.1) is 0 Å². The van der Waals surface area contributed by atoms with Gasteiger partial charge in [-0.25, -0.2) is 0 Å². The molecule has 1 fully saturated rings. The van der Waals surface area contributed by atoms with Crippen LogP contribution in [-0.2, 0) is 4.79 Å². The predicted octanol–water partition coefficient (Wildman–Crippen LogP) is 1.77. The molecule has 0 bridgehead atoms. The Balaban J connectivity index is 1.64. The normalized spacial score (nSPS) is 15.0. The Kier molecular flexibility index (Phi) is 3.64. The molecule has 0 atom stereocenters. The summed E-state index contributed by atoms with van der Waals surface area (Å²) in [7, 11) is 0. The highest BCUT2D eigenvalue weighted by molar-refractivity contribution is 6.07. The first-order chi connectivity index (χ1) is 10.2. The summed E-state index contributed by atoms with van der Waals surface area (Å²) in [5.41, 5.74) is 1.64. The number of nitrogens with zero attached hydrogens (tertiary/aromatic N) is 1. The van der Waals surface area contributed by atoms with Gasteiger partial charge in [-0.3, -0.25) is 9.59 Å². The van der Waals surface area contributed by atoms with Crippen molar-refractivity contribution in [3.05, 3.63) is 36.0 Å². The minimum absolute atomic E-state index is 0.00742. The van der Waals surface area contributed by atoms with E-state index in [0.717, 1.165) is 17.3 Å². The van der Waals surface area contributed by atoms with Crippen LogP contribution in [0.4, 0.5) is 0 Å². The number of nitrogens with one attached hydrogen (secondary N) is 2. The van der Waals surface area contributed by atoms with Crippen LogP contribution < -0.4 is 5.32 Å². The van der Waals surface area contributed by atoms with Crippen LogP contribution in [-0.4, -0.2) is 41.3 Å². The van der Waals surface area contributed by atoms with Gasteiger partial charge >= 0.3 is 0 Å². The summed E-state index contributed by atoms with van der Waals surface area (Å²) in [6.45, 7) is 3.74. The van der Waals surface area contributed by atoms with Gasteiger partial charge in [0.2, 0.25) is 5.91 Å². The van der Waals surface area contributed by atoms with E-state index in [1.165, 1.54) is 0 Å². The molecule has 2 amide bonds. The Morgan fingerprint density at radius 1 is 1.33 bits per heavy atom. The summed E-state index contributed by atoms with van der Waals surface area (Å²) < 4.78 is 0. The van der Waals surface area contributed by atoms with E-state index in [4.69, 9.17) is 0 Å². The summed E-state index contributed by atoms with van der Waals surface area (Å²) >= 11 is 0. The van der Waals surface area contributed by atoms with Gasteiger partial charge in [-0.2, -0.15) is 0 Å². The van der Waals surface area contributed by atoms with Crippen molar-refractivity contribution in [1.82, 2.24) is 15.2 Å². The summed E-state index contributed by atoms with van der Waals surface area (Å²) in [6.07, 6.45) is 2.67. The lowest BCUT2D eigenvalue weighted by Crippen LogP contribution is -2.55. The molecule has 1 aromatic heterocycles. The van der Waals surface area contributed by atoms with E-state index in [0.29, 0.717) is 25.2 Å². The highest BCUT2D eigenvalue weighted by atomic mass is 16.2. The van der Waals surface area contributed by atoms with Crippen LogP contribution in [0.15, 0.2) is 30.5 Å². The van der Waals surface area contributed by atoms with Gasteiger partial charge in [0.15, 0.2) is 0 Å². The number of hydrogen-bond donors (Lipinski definition) is 2. The molecule has 0 unspecified atom stereocenters. The molecule has 0 radical (unpaired) electrons. The Bertz CT molecular complexity index is 671. The molecule has 0 saturated carbocycles. The number of fused-ring (bicyclic) bond motifs is 1. The molecule has 2 heterocycles. The van der Waals surface area contributed by atoms with Crippen LogP contribution in [0.25, 0.3) is 10.9 Å². The monoisotopic (exact) mass is 285 g/mol. The van der Waals surface area contributed by atoms with Crippen molar-refractivity contribution in [2.45, 2.75) is 13.3 Å². The van der Waals surface area contributed by atoms with Crippen molar-refractivity contribution in [1.29, 1.82) is 0 Å². The summed E-state index contributed by atoms with van der Waals surface area (Å²) in [5, 5.41) is 3.81. The van der Waals surface area contributed by atoms with Gasteiger partial charge in [-0.05, 0) is 12.5 Å². The van der Waals surface area contributed by atoms with E-state index in [1.54, 1.807) is 11.1 Å². The lowest BCUT2D eigenvalue weighted by Gasteiger charge is -2.38. The summed E-state index contributed by atoms with van der Waals surface area (Å²) in [4.78, 5) is 29.1. The minimum Gasteiger partial charge on any atom is -0.360 e. The van der Waals surface area contributed by atoms with E-state index in [2.05, 4.69) is 10.3 Å². The van der Waals surface area contributed by atoms with Crippen molar-refractivity contribution in [2.24, 2.45) is 5.92 Å². The molecule has 0 aliphatic carbocycles. The smallest absolute Gasteiger partial charge is 0.256 e. The van der Waals surface area contributed by atoms with Gasteiger partial charge in [0, 0.05) is 36.7 Å². The van der Waals surface area contributed by atoms with Gasteiger partial charge < -0.3 is 15.2 Å². The van der Waals surface area contributed by atoms with Crippen molar-refractivity contribution >= 4 is 22.7 Å². The van der Waals surface area contributed by atoms with E-state index in [9.17, 15) is 9.59 Å². The van der Waals surface area contributed by atoms with E-state index in [-0.39, 0.29) is 17.7 Å². The number of carbonyl (C=O) groups is 2. The minimum atomic E-state index is -0.0642. The Hall–Kier alpha value is -2.30. The van der Waals surface area contributed by atoms with Crippen molar-refractivity contribution in [2.75, 3.05) is 19.6 Å². The molecular formula is C16H19N3O2. The van der Waals surface area contributed by atoms with Gasteiger partial charge in [-0.1, -0.05) is 25.1 Å². The molecule has 110 valence electrons. The zero-order valence-electron chi connectivity index (χ0n) is 12.1. The Labute approximate surface area is 123 Å². The molecule has 2 aromatic rings. The molecule has 21 heavy (non-hydrogen) atoms. The number of hydrogen-bond acceptors (Lipinski definition) is 2. The first-order valence-corrected chi connectivity index (χ1v) is 7.33. The van der Waals surface area contributed by atoms with Crippen LogP contribution >= 0.6 is 0 Å². The molecule has 3 rings (SSSR count). The number of aromatic amines is 1. The first kappa shape index (κ1) is 13.7. The van der Waals surface area contributed by atoms with E-state index >= 15 is 0 Å². The molecule has 1 saturated heterocycles. The number of carbonyl (C=O) groups excluding carboxylic acids is 2. The van der Waals surface area contributed by atoms with E-state index < -0.39 is 0 Å². The maximum Gasteiger partial charge on any atom is 0.256 e. The molecule has 1 aromatic carbocycles. The number of likely N-dealkylation sites (tertiary alicyclic amines) is 1. The third-order valence-electron chi connectivity index (χ3n) is 3.91. The third kappa shape index (κ3) is 2.51. The van der Waals surface area contributed by atoms with Crippen molar-refractivity contribution in [3.8, 4) is 0 Å². The van der Waals surface area contributed by atoms with Crippen molar-refractivity contribution in [3.63, 3.8) is 0 Å². The Morgan fingerprint density at radius 3 is 2.86 bits per heavy atom. The zero-order valence-corrected chi connectivity index (χ0v) is 12.1. The largest absolute Gasteiger partial charge is 0.360 e. The molecule has 2 N–H and O–H groups in total. The fraction of sp³-hybridized carbons (Fsp3) is 0.375. The highest BCUT2D eigenvalue weighted by Gasteiger charge is 2.36. The molecule has 1 aliphatic heterocycles. The SMILES string of the molecule is CCCNC(=O)C1CN(C(=O)c2c[nH]c3ccccc23)C1. The third-order valence-corrected chi connectivity index (χ3v) is 3.91. The predicted molar refractivity (Wildman–Crippen MR) is 81.0 cm³/mol. The number of benzene rings is 1. The highest BCUT2D eigenvalue weighted by Crippen LogP contribution is 2.23. The molecule has 5 heteroatoms. The molecular weight excluding hydrogens is 266 g/mol. The van der Waals surface area contributed by atoms with E-state index in [1.807, 2.05) is 31.2 Å². The second-order valence-corrected chi connectivity index (χ2v) is 5.45. The van der Waals surface area contributed by atoms with Crippen LogP contribution in [0.5, 0.6) is 0 Å². The topological polar surface area (TPSA) is 65.2 Å². The standard InChI is InChI=1S/C16H19N3O2/c1-2-7-17-15(20)11-9-19(10-11)16(21)13-8-18-14-6-4-3-5-12(13)14/h3-6,8,11,18H,2,7,9-10H2,1H3,(H,17,20). The number of amides is 2. The number of para-hydroxylation sites is 1. The quantitative estimate of drug-likeness (QED) is 0.899. The zero-order chi connectivity index (χ0) is 14.8. The lowest BCUT2D eigenvalue weighted by atomic mass is 9.97. The van der Waals surface area contributed by atoms with Gasteiger partial charge in [0.25, 0.3) is 5.91 Å². The van der Waals surface area contributed by atoms with Crippen LogP contribution in [0.1, 0.15) is 23.7 Å². The maximum atomic E-state index is 12.5. The fourth-order valence-electron chi connectivity index (χ4n) is 2.62. The summed E-state index contributed by atoms with van der Waals surface area (Å²) in [6, 6.07) is 7.74. The number of H-pyrrole nitrogens is 1. The van der Waals surface area contributed by atoms with Crippen molar-refractivity contribution < 1.29 is 9.59 Å². The fourth-order valence-corrected chi connectivity index (χ4v) is 2.62. The second-order valence-electron chi connectivity index (χ2n) is 5.45. The van der Waals surface area contributed by atoms with Crippen LogP contribution in [0, 0.1) is 5.92 Å². The molecule has 5 nitrogen and oxygen atoms in total. The van der Waals surface area contributed by atoms with Crippen LogP contribution in [0.3, 0.4) is 0 Å². The molecule has 1 aliphatic rings. The van der Waals surface area contributed by atoms with Gasteiger partial charge in [0.05, 0.1) is 11.5 Å². The molecule has 0 spiro atoms. The number of aromatic nitrogens is 1. The maximum absolute atomic E-state index is 12.5. The van der Waals surface area contributed by atoms with Crippen LogP contribution in [0.2, 0.25) is 0 Å². The Morgan fingerprint density at radius 2 is 2.10 bits per heavy atom. The second kappa shape index (κ2) is 5.60. The average Bonchev–Trinajstić information content (AvgIpc) is 2.87. The summed E-state index contributed by atoms with van der Waals surface area (Å²) in [5.74, 6) is -0.0162. The average molecular weight is 285 g/mol. The first-order valence-electron chi connectivity index (χ1n) is 7.33. The lowest BCUT2D eigenvalue weighted by molar-refractivity contribution is -0.128.